The Morgan fingerprint density at radius 3 is 2.90 bits per heavy atom. The molecule has 0 saturated carbocycles. The van der Waals surface area contributed by atoms with Gasteiger partial charge in [-0.2, -0.15) is 0 Å². The van der Waals surface area contributed by atoms with Crippen molar-refractivity contribution in [1.82, 2.24) is 19.2 Å². The molecule has 0 atom stereocenters. The van der Waals surface area contributed by atoms with Crippen molar-refractivity contribution in [2.24, 2.45) is 0 Å². The van der Waals surface area contributed by atoms with E-state index in [0.717, 1.165) is 5.56 Å². The fourth-order valence-electron chi connectivity index (χ4n) is 3.24. The van der Waals surface area contributed by atoms with Crippen LogP contribution in [0.15, 0.2) is 46.7 Å². The molecule has 0 spiro atoms. The van der Waals surface area contributed by atoms with E-state index < -0.39 is 0 Å². The Morgan fingerprint density at radius 2 is 2.10 bits per heavy atom. The molecule has 1 aliphatic rings. The molecule has 0 N–H and O–H groups in total. The summed E-state index contributed by atoms with van der Waals surface area (Å²) in [5, 5.41) is 1.80. The largest absolute Gasteiger partial charge is 0.335 e. The van der Waals surface area contributed by atoms with Crippen molar-refractivity contribution in [1.29, 1.82) is 0 Å². The zero-order chi connectivity index (χ0) is 21.1. The van der Waals surface area contributed by atoms with Crippen molar-refractivity contribution in [3.8, 4) is 0 Å². The summed E-state index contributed by atoms with van der Waals surface area (Å²) >= 11 is 2.75. The zero-order valence-electron chi connectivity index (χ0n) is 16.0. The second-order valence-electron chi connectivity index (χ2n) is 6.89. The highest BCUT2D eigenvalue weighted by molar-refractivity contribution is 7.99. The highest BCUT2D eigenvalue weighted by atomic mass is 32.2. The third-order valence-electron chi connectivity index (χ3n) is 4.77. The number of carbonyl (C=O) groups is 2. The van der Waals surface area contributed by atoms with Gasteiger partial charge in [-0.3, -0.25) is 18.8 Å². The van der Waals surface area contributed by atoms with Crippen LogP contribution in [0, 0.1) is 5.82 Å². The Hall–Kier alpha value is -2.72. The quantitative estimate of drug-likeness (QED) is 0.579. The molecule has 4 rings (SSSR count). The average Bonchev–Trinajstić information content (AvgIpc) is 3.19. The highest BCUT2D eigenvalue weighted by Gasteiger charge is 2.27. The molecule has 1 fully saturated rings. The molecule has 1 aliphatic heterocycles. The van der Waals surface area contributed by atoms with E-state index in [-0.39, 0.29) is 35.5 Å². The number of nitrogens with zero attached hydrogens (tertiary/aromatic N) is 4. The fourth-order valence-corrected chi connectivity index (χ4v) is 4.80. The number of rotatable bonds is 6. The number of hydrogen-bond acceptors (Lipinski definition) is 6. The lowest BCUT2D eigenvalue weighted by Crippen LogP contribution is -2.52. The van der Waals surface area contributed by atoms with Gasteiger partial charge in [-0.05, 0) is 17.7 Å². The molecule has 0 radical (unpaired) electrons. The van der Waals surface area contributed by atoms with Crippen LogP contribution in [0.1, 0.15) is 11.3 Å². The summed E-state index contributed by atoms with van der Waals surface area (Å²) in [6, 6.07) is 7.65. The molecule has 3 aromatic rings. The first-order valence-corrected chi connectivity index (χ1v) is 11.4. The summed E-state index contributed by atoms with van der Waals surface area (Å²) < 4.78 is 14.8. The molecule has 1 saturated heterocycles. The number of fused-ring (bicyclic) bond motifs is 1. The average molecular weight is 447 g/mol. The van der Waals surface area contributed by atoms with Crippen molar-refractivity contribution in [2.75, 3.05) is 25.4 Å². The van der Waals surface area contributed by atoms with E-state index in [1.54, 1.807) is 33.5 Å². The lowest BCUT2D eigenvalue weighted by Gasteiger charge is -2.34. The van der Waals surface area contributed by atoms with Crippen molar-refractivity contribution in [3.05, 3.63) is 69.3 Å². The van der Waals surface area contributed by atoms with Crippen LogP contribution in [0.3, 0.4) is 0 Å². The summed E-state index contributed by atoms with van der Waals surface area (Å²) in [5.74, 6) is 0.0569. The van der Waals surface area contributed by atoms with Crippen LogP contribution in [0.4, 0.5) is 4.39 Å². The second kappa shape index (κ2) is 8.97. The number of halogens is 1. The van der Waals surface area contributed by atoms with Crippen LogP contribution in [0.2, 0.25) is 0 Å². The van der Waals surface area contributed by atoms with Crippen molar-refractivity contribution >= 4 is 39.9 Å². The number of carbonyl (C=O) groups excluding carboxylic acids is 2. The number of benzene rings is 1. The standard InChI is InChI=1S/C20H19FN4O3S2/c21-15-3-1-2-14(8-15)10-23-4-5-24(11-18(23)27)19(28)13-29-12-16-9-17(26)25-6-7-30-20(25)22-16/h1-3,6-9H,4-5,10-13H2. The number of thioether (sulfide) groups is 1. The Bertz CT molecular complexity index is 1150. The molecule has 0 bridgehead atoms. The van der Waals surface area contributed by atoms with Crippen LogP contribution in [-0.4, -0.2) is 56.4 Å². The summed E-state index contributed by atoms with van der Waals surface area (Å²) in [6.07, 6.45) is 1.68. The molecule has 1 aromatic carbocycles. The van der Waals surface area contributed by atoms with Gasteiger partial charge in [-0.25, -0.2) is 9.37 Å². The van der Waals surface area contributed by atoms with Crippen molar-refractivity contribution in [3.63, 3.8) is 0 Å². The van der Waals surface area contributed by atoms with Crippen LogP contribution in [0.5, 0.6) is 0 Å². The summed E-state index contributed by atoms with van der Waals surface area (Å²) in [5.41, 5.74) is 1.23. The maximum atomic E-state index is 13.3. The number of piperazine rings is 1. The number of thiazole rings is 1. The van der Waals surface area contributed by atoms with Gasteiger partial charge in [0.15, 0.2) is 4.96 Å². The van der Waals surface area contributed by atoms with Gasteiger partial charge in [0.25, 0.3) is 5.56 Å². The number of hydrogen-bond donors (Lipinski definition) is 0. The van der Waals surface area contributed by atoms with Crippen LogP contribution < -0.4 is 5.56 Å². The molecular formula is C20H19FN4O3S2. The van der Waals surface area contributed by atoms with E-state index in [9.17, 15) is 18.8 Å². The van der Waals surface area contributed by atoms with Gasteiger partial charge in [-0.15, -0.1) is 23.1 Å². The molecule has 0 aliphatic carbocycles. The minimum atomic E-state index is -0.332. The molecule has 7 nitrogen and oxygen atoms in total. The van der Waals surface area contributed by atoms with E-state index in [2.05, 4.69) is 4.98 Å². The monoisotopic (exact) mass is 446 g/mol. The van der Waals surface area contributed by atoms with Gasteiger partial charge < -0.3 is 9.80 Å². The molecular weight excluding hydrogens is 427 g/mol. The first kappa shape index (κ1) is 20.5. The van der Waals surface area contributed by atoms with E-state index in [0.29, 0.717) is 36.0 Å². The predicted octanol–water partition coefficient (Wildman–Crippen LogP) is 2.00. The van der Waals surface area contributed by atoms with Gasteiger partial charge >= 0.3 is 0 Å². The molecule has 2 amide bonds. The molecule has 10 heteroatoms. The fraction of sp³-hybridized carbons (Fsp3) is 0.300. The minimum Gasteiger partial charge on any atom is -0.335 e. The zero-order valence-corrected chi connectivity index (χ0v) is 17.6. The van der Waals surface area contributed by atoms with E-state index in [4.69, 9.17) is 0 Å². The number of aromatic nitrogens is 2. The van der Waals surface area contributed by atoms with Crippen LogP contribution >= 0.6 is 23.1 Å². The first-order valence-electron chi connectivity index (χ1n) is 9.33. The molecule has 0 unspecified atom stereocenters. The lowest BCUT2D eigenvalue weighted by atomic mass is 10.2. The number of amides is 2. The topological polar surface area (TPSA) is 75.0 Å². The Kier molecular flexibility index (Phi) is 6.14. The summed E-state index contributed by atoms with van der Waals surface area (Å²) in [7, 11) is 0. The third kappa shape index (κ3) is 4.71. The predicted molar refractivity (Wildman–Crippen MR) is 114 cm³/mol. The smallest absolute Gasteiger partial charge is 0.258 e. The first-order chi connectivity index (χ1) is 14.5. The van der Waals surface area contributed by atoms with Gasteiger partial charge in [0.2, 0.25) is 11.8 Å². The molecule has 30 heavy (non-hydrogen) atoms. The summed E-state index contributed by atoms with van der Waals surface area (Å²) in [6.45, 7) is 1.22. The molecule has 3 heterocycles. The summed E-state index contributed by atoms with van der Waals surface area (Å²) in [4.78, 5) is 45.1. The van der Waals surface area contributed by atoms with Crippen LogP contribution in [-0.2, 0) is 21.9 Å². The Balaban J connectivity index is 1.27. The SMILES string of the molecule is O=C(CSCc1cc(=O)n2ccsc2n1)N1CCN(Cc2cccc(F)c2)C(=O)C1. The highest BCUT2D eigenvalue weighted by Crippen LogP contribution is 2.15. The van der Waals surface area contributed by atoms with E-state index >= 15 is 0 Å². The third-order valence-corrected chi connectivity index (χ3v) is 6.47. The maximum Gasteiger partial charge on any atom is 0.258 e. The minimum absolute atomic E-state index is 0.0233. The van der Waals surface area contributed by atoms with Crippen molar-refractivity contribution in [2.45, 2.75) is 12.3 Å². The Morgan fingerprint density at radius 1 is 1.23 bits per heavy atom. The maximum absolute atomic E-state index is 13.3. The van der Waals surface area contributed by atoms with E-state index in [1.807, 2.05) is 0 Å². The van der Waals surface area contributed by atoms with Crippen LogP contribution in [0.25, 0.3) is 4.96 Å². The second-order valence-corrected chi connectivity index (χ2v) is 8.75. The van der Waals surface area contributed by atoms with Gasteiger partial charge in [-0.1, -0.05) is 12.1 Å². The molecule has 156 valence electrons. The van der Waals surface area contributed by atoms with E-state index in [1.165, 1.54) is 45.7 Å². The Labute approximate surface area is 180 Å². The van der Waals surface area contributed by atoms with Gasteiger partial charge in [0.05, 0.1) is 18.0 Å². The molecule has 2 aromatic heterocycles. The van der Waals surface area contributed by atoms with Gasteiger partial charge in [0, 0.05) is 43.0 Å². The normalized spacial score (nSPS) is 14.5. The van der Waals surface area contributed by atoms with Gasteiger partial charge in [0.1, 0.15) is 5.82 Å². The van der Waals surface area contributed by atoms with Crippen molar-refractivity contribution < 1.29 is 14.0 Å². The lowest BCUT2D eigenvalue weighted by molar-refractivity contribution is -0.144.